The molecular weight excluding hydrogens is 560 g/mol. The third kappa shape index (κ3) is 9.40. The van der Waals surface area contributed by atoms with Crippen molar-refractivity contribution in [1.82, 2.24) is 19.8 Å². The summed E-state index contributed by atoms with van der Waals surface area (Å²) in [4.78, 5) is 52.9. The van der Waals surface area contributed by atoms with E-state index < -0.39 is 62.8 Å². The number of nitrogens with zero attached hydrogens (tertiary/aromatic N) is 3. The van der Waals surface area contributed by atoms with E-state index in [1.807, 2.05) is 4.90 Å². The van der Waals surface area contributed by atoms with Crippen LogP contribution in [0.15, 0.2) is 34.3 Å². The molecule has 0 spiro atoms. The summed E-state index contributed by atoms with van der Waals surface area (Å²) in [6.45, 7) is 3.24. The van der Waals surface area contributed by atoms with Crippen molar-refractivity contribution < 1.29 is 42.2 Å². The van der Waals surface area contributed by atoms with Crippen molar-refractivity contribution in [3.05, 3.63) is 29.8 Å². The SMILES string of the molecule is CCOC(=O)CCN(C(=O)[C@H](CC(=O)NCC1CN(C=NN)CCO1)NS(=O)(=O)c1ccccc1C(=O)O)C1CC1. The molecule has 41 heavy (non-hydrogen) atoms. The molecule has 226 valence electrons. The normalized spacial score (nSPS) is 18.1. The lowest BCUT2D eigenvalue weighted by molar-refractivity contribution is -0.144. The first-order chi connectivity index (χ1) is 19.6. The topological polar surface area (TPSA) is 210 Å². The second-order valence-electron chi connectivity index (χ2n) is 9.55. The summed E-state index contributed by atoms with van der Waals surface area (Å²) in [5.74, 6) is 1.87. The smallest absolute Gasteiger partial charge is 0.337 e. The zero-order valence-corrected chi connectivity index (χ0v) is 23.5. The third-order valence-corrected chi connectivity index (χ3v) is 7.98. The molecule has 2 fully saturated rings. The second kappa shape index (κ2) is 14.7. The number of nitrogens with two attached hydrogens (primary N) is 1. The maximum atomic E-state index is 13.7. The molecule has 2 aliphatic rings. The van der Waals surface area contributed by atoms with Crippen LogP contribution >= 0.6 is 0 Å². The van der Waals surface area contributed by atoms with Gasteiger partial charge < -0.3 is 35.5 Å². The number of carboxylic acid groups (broad SMARTS) is 1. The Morgan fingerprint density at radius 1 is 1.29 bits per heavy atom. The van der Waals surface area contributed by atoms with Crippen molar-refractivity contribution in [2.75, 3.05) is 39.4 Å². The van der Waals surface area contributed by atoms with Gasteiger partial charge in [-0.3, -0.25) is 14.4 Å². The standard InChI is InChI=1S/C25H36N6O9S/c1-2-39-23(33)9-10-31(17-7-8-17)24(34)20(29-41(37,38)21-6-4-3-5-19(21)25(35)36)13-22(32)27-14-18-15-30(16-28-26)11-12-40-18/h3-6,16-18,20,29H,2,7-15,26H2,1H3,(H,27,32)(H,35,36)/t18?,20-/m0/s1. The van der Waals surface area contributed by atoms with Crippen LogP contribution in [0.5, 0.6) is 0 Å². The minimum absolute atomic E-state index is 0.0255. The molecule has 0 aromatic heterocycles. The van der Waals surface area contributed by atoms with E-state index in [-0.39, 0.29) is 32.2 Å². The number of benzene rings is 1. The fourth-order valence-electron chi connectivity index (χ4n) is 4.36. The average Bonchev–Trinajstić information content (AvgIpc) is 3.77. The molecule has 1 heterocycles. The van der Waals surface area contributed by atoms with Crippen molar-refractivity contribution in [1.29, 1.82) is 0 Å². The van der Waals surface area contributed by atoms with Crippen LogP contribution < -0.4 is 15.9 Å². The Morgan fingerprint density at radius 2 is 2.02 bits per heavy atom. The van der Waals surface area contributed by atoms with E-state index in [9.17, 15) is 32.7 Å². The number of ether oxygens (including phenoxy) is 2. The molecule has 1 aromatic rings. The number of nitrogens with one attached hydrogen (secondary N) is 2. The highest BCUT2D eigenvalue weighted by molar-refractivity contribution is 7.89. The molecule has 1 saturated heterocycles. The van der Waals surface area contributed by atoms with Crippen LogP contribution in [-0.4, -0.2) is 111 Å². The predicted molar refractivity (Wildman–Crippen MR) is 145 cm³/mol. The Morgan fingerprint density at radius 3 is 2.68 bits per heavy atom. The van der Waals surface area contributed by atoms with Crippen molar-refractivity contribution in [3.8, 4) is 0 Å². The van der Waals surface area contributed by atoms with Crippen molar-refractivity contribution >= 4 is 40.1 Å². The molecule has 1 aliphatic carbocycles. The summed E-state index contributed by atoms with van der Waals surface area (Å²) in [5.41, 5.74) is -0.489. The lowest BCUT2D eigenvalue weighted by Gasteiger charge is -2.31. The minimum atomic E-state index is -4.56. The van der Waals surface area contributed by atoms with Crippen LogP contribution in [0.4, 0.5) is 0 Å². The quantitative estimate of drug-likeness (QED) is 0.0640. The van der Waals surface area contributed by atoms with Crippen molar-refractivity contribution in [2.45, 2.75) is 55.7 Å². The summed E-state index contributed by atoms with van der Waals surface area (Å²) in [7, 11) is -4.56. The Bertz CT molecular complexity index is 1240. The number of sulfonamides is 1. The number of amides is 2. The van der Waals surface area contributed by atoms with Crippen LogP contribution in [0.3, 0.4) is 0 Å². The first-order valence-corrected chi connectivity index (χ1v) is 14.7. The maximum absolute atomic E-state index is 13.7. The van der Waals surface area contributed by atoms with Gasteiger partial charge in [0.25, 0.3) is 0 Å². The highest BCUT2D eigenvalue weighted by Crippen LogP contribution is 2.28. The molecular formula is C25H36N6O9S. The van der Waals surface area contributed by atoms with E-state index in [0.717, 1.165) is 12.1 Å². The summed E-state index contributed by atoms with van der Waals surface area (Å²) >= 11 is 0. The van der Waals surface area contributed by atoms with E-state index in [0.29, 0.717) is 32.5 Å². The van der Waals surface area contributed by atoms with Gasteiger partial charge in [-0.1, -0.05) is 12.1 Å². The molecule has 1 aliphatic heterocycles. The van der Waals surface area contributed by atoms with Gasteiger partial charge in [0.1, 0.15) is 12.4 Å². The van der Waals surface area contributed by atoms with Gasteiger partial charge in [0.2, 0.25) is 21.8 Å². The molecule has 1 saturated carbocycles. The van der Waals surface area contributed by atoms with E-state index in [2.05, 4.69) is 15.1 Å². The number of rotatable bonds is 15. The zero-order valence-electron chi connectivity index (χ0n) is 22.7. The first-order valence-electron chi connectivity index (χ1n) is 13.2. The fraction of sp³-hybridized carbons (Fsp3) is 0.560. The van der Waals surface area contributed by atoms with Crippen LogP contribution in [-0.2, 0) is 33.9 Å². The largest absolute Gasteiger partial charge is 0.478 e. The van der Waals surface area contributed by atoms with Crippen molar-refractivity contribution in [3.63, 3.8) is 0 Å². The van der Waals surface area contributed by atoms with Crippen molar-refractivity contribution in [2.24, 2.45) is 10.9 Å². The summed E-state index contributed by atoms with van der Waals surface area (Å²) in [6, 6.07) is 3.16. The van der Waals surface area contributed by atoms with E-state index in [1.54, 1.807) is 6.92 Å². The van der Waals surface area contributed by atoms with Gasteiger partial charge in [0, 0.05) is 32.2 Å². The van der Waals surface area contributed by atoms with Gasteiger partial charge >= 0.3 is 11.9 Å². The molecule has 3 rings (SSSR count). The number of carbonyl (C=O) groups is 4. The Labute approximate surface area is 238 Å². The van der Waals surface area contributed by atoms with Crippen LogP contribution in [0.2, 0.25) is 0 Å². The third-order valence-electron chi connectivity index (χ3n) is 6.45. The molecule has 15 nitrogen and oxygen atoms in total. The van der Waals surface area contributed by atoms with E-state index in [1.165, 1.54) is 23.4 Å². The number of hydrogen-bond acceptors (Lipinski definition) is 10. The Kier molecular flexibility index (Phi) is 11.4. The van der Waals surface area contributed by atoms with Gasteiger partial charge in [0.05, 0.1) is 42.6 Å². The number of esters is 1. The van der Waals surface area contributed by atoms with Gasteiger partial charge in [-0.15, -0.1) is 0 Å². The monoisotopic (exact) mass is 596 g/mol. The average molecular weight is 597 g/mol. The molecule has 5 N–H and O–H groups in total. The van der Waals surface area contributed by atoms with E-state index in [4.69, 9.17) is 15.3 Å². The highest BCUT2D eigenvalue weighted by Gasteiger charge is 2.39. The minimum Gasteiger partial charge on any atom is -0.478 e. The number of hydrogen-bond donors (Lipinski definition) is 4. The van der Waals surface area contributed by atoms with Gasteiger partial charge in [-0.2, -0.15) is 9.82 Å². The molecule has 2 atom stereocenters. The summed E-state index contributed by atoms with van der Waals surface area (Å²) < 4.78 is 39.5. The van der Waals surface area contributed by atoms with Crippen LogP contribution in [0, 0.1) is 0 Å². The lowest BCUT2D eigenvalue weighted by Crippen LogP contribution is -2.52. The van der Waals surface area contributed by atoms with Gasteiger partial charge in [-0.05, 0) is 31.9 Å². The summed E-state index contributed by atoms with van der Waals surface area (Å²) in [6.07, 6.45) is 1.69. The maximum Gasteiger partial charge on any atom is 0.337 e. The Hall–Kier alpha value is -3.76. The van der Waals surface area contributed by atoms with E-state index >= 15 is 0 Å². The number of hydrazone groups is 1. The zero-order chi connectivity index (χ0) is 30.0. The number of carboxylic acids is 1. The number of morpholine rings is 1. The number of carbonyl (C=O) groups excluding carboxylic acids is 3. The Balaban J connectivity index is 1.78. The fourth-order valence-corrected chi connectivity index (χ4v) is 5.75. The summed E-state index contributed by atoms with van der Waals surface area (Å²) in [5, 5.41) is 15.6. The molecule has 1 unspecified atom stereocenters. The molecule has 0 radical (unpaired) electrons. The molecule has 1 aromatic carbocycles. The van der Waals surface area contributed by atoms with Crippen LogP contribution in [0.25, 0.3) is 0 Å². The lowest BCUT2D eigenvalue weighted by atomic mass is 10.1. The highest BCUT2D eigenvalue weighted by atomic mass is 32.2. The second-order valence-corrected chi connectivity index (χ2v) is 11.2. The predicted octanol–water partition coefficient (Wildman–Crippen LogP) is -0.915. The molecule has 0 bridgehead atoms. The number of aromatic carboxylic acids is 1. The van der Waals surface area contributed by atoms with Crippen LogP contribution in [0.1, 0.15) is 43.0 Å². The molecule has 16 heteroatoms. The van der Waals surface area contributed by atoms with Gasteiger partial charge in [-0.25, -0.2) is 13.2 Å². The van der Waals surface area contributed by atoms with Gasteiger partial charge in [0.15, 0.2) is 0 Å². The first kappa shape index (κ1) is 31.8. The molecule has 2 amide bonds.